The number of hydrogen-bond acceptors (Lipinski definition) is 1. The van der Waals surface area contributed by atoms with E-state index < -0.39 is 18.5 Å². The second kappa shape index (κ2) is 5.47. The van der Waals surface area contributed by atoms with Crippen LogP contribution >= 0.6 is 15.9 Å². The van der Waals surface area contributed by atoms with Crippen LogP contribution in [0.4, 0.5) is 13.2 Å². The van der Waals surface area contributed by atoms with Crippen molar-refractivity contribution in [3.63, 3.8) is 0 Å². The Balaban J connectivity index is 3.86. The number of nitrogens with one attached hydrogen (secondary N) is 1. The number of amides is 1. The number of halogens is 4. The molecule has 2 nitrogen and oxygen atoms in total. The van der Waals surface area contributed by atoms with E-state index in [0.717, 1.165) is 0 Å². The Bertz CT molecular complexity index is 168. The van der Waals surface area contributed by atoms with Gasteiger partial charge in [-0.3, -0.25) is 4.79 Å². The molecule has 1 atom stereocenters. The summed E-state index contributed by atoms with van der Waals surface area (Å²) in [6.45, 7) is 1.79. The summed E-state index contributed by atoms with van der Waals surface area (Å²) in [6, 6.07) is -0.227. The minimum Gasteiger partial charge on any atom is -0.352 e. The molecular formula is C7H11BrF3NO. The Morgan fingerprint density at radius 1 is 1.54 bits per heavy atom. The number of hydrogen-bond donors (Lipinski definition) is 1. The van der Waals surface area contributed by atoms with Crippen LogP contribution < -0.4 is 5.32 Å². The fourth-order valence-corrected chi connectivity index (χ4v) is 1.33. The van der Waals surface area contributed by atoms with Gasteiger partial charge in [-0.05, 0) is 6.42 Å². The number of rotatable bonds is 4. The van der Waals surface area contributed by atoms with E-state index >= 15 is 0 Å². The first-order valence-corrected chi connectivity index (χ1v) is 4.93. The lowest BCUT2D eigenvalue weighted by Gasteiger charge is -2.14. The monoisotopic (exact) mass is 261 g/mol. The molecule has 0 aromatic rings. The maximum absolute atomic E-state index is 11.7. The molecule has 0 aromatic heterocycles. The fourth-order valence-electron chi connectivity index (χ4n) is 0.711. The van der Waals surface area contributed by atoms with Gasteiger partial charge in [0, 0.05) is 11.4 Å². The Hall–Kier alpha value is -0.260. The Morgan fingerprint density at radius 2 is 2.08 bits per heavy atom. The standard InChI is InChI=1S/C7H11BrF3NO/c1-2-5(4-8)12-6(13)3-7(9,10)11/h5H,2-4H2,1H3,(H,12,13). The highest BCUT2D eigenvalue weighted by molar-refractivity contribution is 9.09. The van der Waals surface area contributed by atoms with Gasteiger partial charge >= 0.3 is 6.18 Å². The van der Waals surface area contributed by atoms with Crippen LogP contribution in [0, 0.1) is 0 Å². The van der Waals surface area contributed by atoms with Crippen LogP contribution in [0.25, 0.3) is 0 Å². The van der Waals surface area contributed by atoms with E-state index in [1.54, 1.807) is 6.92 Å². The smallest absolute Gasteiger partial charge is 0.352 e. The average Bonchev–Trinajstić information content (AvgIpc) is 1.96. The molecule has 0 radical (unpaired) electrons. The zero-order chi connectivity index (χ0) is 10.5. The van der Waals surface area contributed by atoms with Gasteiger partial charge in [-0.2, -0.15) is 13.2 Å². The van der Waals surface area contributed by atoms with E-state index in [2.05, 4.69) is 21.2 Å². The molecule has 1 N–H and O–H groups in total. The van der Waals surface area contributed by atoms with Crippen molar-refractivity contribution in [3.8, 4) is 0 Å². The van der Waals surface area contributed by atoms with E-state index in [-0.39, 0.29) is 6.04 Å². The molecule has 0 fully saturated rings. The summed E-state index contributed by atoms with van der Waals surface area (Å²) < 4.78 is 35.1. The lowest BCUT2D eigenvalue weighted by molar-refractivity contribution is -0.154. The highest BCUT2D eigenvalue weighted by atomic mass is 79.9. The van der Waals surface area contributed by atoms with Crippen LogP contribution in [-0.2, 0) is 4.79 Å². The number of alkyl halides is 4. The molecule has 0 saturated heterocycles. The Labute approximate surface area is 83.0 Å². The number of carbonyl (C=O) groups excluding carboxylic acids is 1. The number of carbonyl (C=O) groups is 1. The van der Waals surface area contributed by atoms with Gasteiger partial charge in [0.25, 0.3) is 0 Å². The van der Waals surface area contributed by atoms with Gasteiger partial charge < -0.3 is 5.32 Å². The molecule has 0 spiro atoms. The summed E-state index contributed by atoms with van der Waals surface area (Å²) in [4.78, 5) is 10.7. The zero-order valence-corrected chi connectivity index (χ0v) is 8.70. The first-order chi connectivity index (χ1) is 5.89. The van der Waals surface area contributed by atoms with Crippen LogP contribution in [0.3, 0.4) is 0 Å². The molecule has 0 aliphatic carbocycles. The maximum Gasteiger partial charge on any atom is 0.397 e. The zero-order valence-electron chi connectivity index (χ0n) is 7.12. The van der Waals surface area contributed by atoms with E-state index in [9.17, 15) is 18.0 Å². The first kappa shape index (κ1) is 12.7. The van der Waals surface area contributed by atoms with Crippen LogP contribution in [0.5, 0.6) is 0 Å². The Kier molecular flexibility index (Phi) is 5.36. The highest BCUT2D eigenvalue weighted by Gasteiger charge is 2.31. The maximum atomic E-state index is 11.7. The topological polar surface area (TPSA) is 29.1 Å². The molecule has 0 heterocycles. The van der Waals surface area contributed by atoms with Crippen molar-refractivity contribution < 1.29 is 18.0 Å². The molecule has 0 aliphatic rings. The third-order valence-electron chi connectivity index (χ3n) is 1.41. The Morgan fingerprint density at radius 3 is 2.38 bits per heavy atom. The minimum absolute atomic E-state index is 0.227. The van der Waals surface area contributed by atoms with E-state index in [0.29, 0.717) is 11.8 Å². The third-order valence-corrected chi connectivity index (χ3v) is 2.19. The largest absolute Gasteiger partial charge is 0.397 e. The van der Waals surface area contributed by atoms with Gasteiger partial charge in [0.1, 0.15) is 6.42 Å². The lowest BCUT2D eigenvalue weighted by atomic mass is 10.2. The third kappa shape index (κ3) is 6.86. The summed E-state index contributed by atoms with van der Waals surface area (Å²) in [5, 5.41) is 2.73. The average molecular weight is 262 g/mol. The summed E-state index contributed by atoms with van der Waals surface area (Å²) in [5.74, 6) is -0.973. The predicted molar refractivity (Wildman–Crippen MR) is 46.7 cm³/mol. The van der Waals surface area contributed by atoms with Gasteiger partial charge in [-0.15, -0.1) is 0 Å². The molecule has 1 unspecified atom stereocenters. The van der Waals surface area contributed by atoms with Crippen molar-refractivity contribution in [1.29, 1.82) is 0 Å². The van der Waals surface area contributed by atoms with Gasteiger partial charge in [-0.25, -0.2) is 0 Å². The highest BCUT2D eigenvalue weighted by Crippen LogP contribution is 2.19. The summed E-state index contributed by atoms with van der Waals surface area (Å²) in [7, 11) is 0. The van der Waals surface area contributed by atoms with E-state index in [1.807, 2.05) is 0 Å². The van der Waals surface area contributed by atoms with Crippen LogP contribution in [-0.4, -0.2) is 23.5 Å². The van der Waals surface area contributed by atoms with E-state index in [1.165, 1.54) is 0 Å². The van der Waals surface area contributed by atoms with Crippen molar-refractivity contribution in [2.75, 3.05) is 5.33 Å². The van der Waals surface area contributed by atoms with Gasteiger partial charge in [0.2, 0.25) is 5.91 Å². The SMILES string of the molecule is CCC(CBr)NC(=O)CC(F)(F)F. The molecule has 1 amide bonds. The molecular weight excluding hydrogens is 251 g/mol. The van der Waals surface area contributed by atoms with Gasteiger partial charge in [-0.1, -0.05) is 22.9 Å². The normalized spacial score (nSPS) is 13.9. The van der Waals surface area contributed by atoms with Crippen molar-refractivity contribution in [2.45, 2.75) is 32.0 Å². The molecule has 0 bridgehead atoms. The molecule has 6 heteroatoms. The van der Waals surface area contributed by atoms with Crippen LogP contribution in [0.15, 0.2) is 0 Å². The minimum atomic E-state index is -4.42. The van der Waals surface area contributed by atoms with Crippen molar-refractivity contribution in [3.05, 3.63) is 0 Å². The molecule has 0 saturated carbocycles. The van der Waals surface area contributed by atoms with Crippen LogP contribution in [0.1, 0.15) is 19.8 Å². The molecule has 0 rings (SSSR count). The molecule has 78 valence electrons. The molecule has 0 aliphatic heterocycles. The van der Waals surface area contributed by atoms with E-state index in [4.69, 9.17) is 0 Å². The second-order valence-electron chi connectivity index (χ2n) is 2.62. The second-order valence-corrected chi connectivity index (χ2v) is 3.27. The fraction of sp³-hybridized carbons (Fsp3) is 0.857. The van der Waals surface area contributed by atoms with Crippen molar-refractivity contribution in [2.24, 2.45) is 0 Å². The molecule has 13 heavy (non-hydrogen) atoms. The summed E-state index contributed by atoms with van der Waals surface area (Å²) in [5.41, 5.74) is 0. The lowest BCUT2D eigenvalue weighted by Crippen LogP contribution is -2.37. The first-order valence-electron chi connectivity index (χ1n) is 3.81. The quantitative estimate of drug-likeness (QED) is 0.773. The summed E-state index contributed by atoms with van der Waals surface area (Å²) >= 11 is 3.09. The molecule has 0 aromatic carbocycles. The van der Waals surface area contributed by atoms with Gasteiger partial charge in [0.15, 0.2) is 0 Å². The van der Waals surface area contributed by atoms with Crippen molar-refractivity contribution >= 4 is 21.8 Å². The summed E-state index contributed by atoms with van der Waals surface area (Å²) in [6.07, 6.45) is -5.22. The van der Waals surface area contributed by atoms with Crippen molar-refractivity contribution in [1.82, 2.24) is 5.32 Å². The van der Waals surface area contributed by atoms with Gasteiger partial charge in [0.05, 0.1) is 0 Å². The van der Waals surface area contributed by atoms with Crippen LogP contribution in [0.2, 0.25) is 0 Å². The predicted octanol–water partition coefficient (Wildman–Crippen LogP) is 2.23.